The summed E-state index contributed by atoms with van der Waals surface area (Å²) in [6, 6.07) is 0. The number of aliphatic hydroxyl groups is 1. The van der Waals surface area contributed by atoms with Crippen LogP contribution in [0.1, 0.15) is 32.6 Å². The predicted octanol–water partition coefficient (Wildman–Crippen LogP) is 1.21. The molecule has 2 aliphatic heterocycles. The molecule has 1 N–H and O–H groups in total. The number of hydrogen-bond donors (Lipinski definition) is 1. The van der Waals surface area contributed by atoms with E-state index >= 15 is 0 Å². The standard InChI is InChI=1S/C20H24O6/c1-8-6-19-7-9(8)4-5-10(19)20-13(11(19)16(22)24-3)18(2,17(23)26-20)15-12(25-15)14(20)21/h9-15,21H,1,4-7H2,2-3H3/t9-,10-,11-,12+,13-,14-,15+,18-,19+,20-/m1/s1. The summed E-state index contributed by atoms with van der Waals surface area (Å²) in [5.74, 6) is -1.10. The van der Waals surface area contributed by atoms with Crippen LogP contribution in [0.4, 0.5) is 0 Å². The van der Waals surface area contributed by atoms with E-state index in [-0.39, 0.29) is 35.5 Å². The van der Waals surface area contributed by atoms with E-state index in [9.17, 15) is 14.7 Å². The molecule has 6 rings (SSSR count). The first-order valence-electron chi connectivity index (χ1n) is 9.65. The largest absolute Gasteiger partial charge is 0.469 e. The summed E-state index contributed by atoms with van der Waals surface area (Å²) >= 11 is 0. The van der Waals surface area contributed by atoms with Crippen molar-refractivity contribution in [3.8, 4) is 0 Å². The van der Waals surface area contributed by atoms with Crippen LogP contribution in [0.25, 0.3) is 0 Å². The number of ether oxygens (including phenoxy) is 3. The highest BCUT2D eigenvalue weighted by Gasteiger charge is 2.90. The lowest BCUT2D eigenvalue weighted by atomic mass is 9.59. The summed E-state index contributed by atoms with van der Waals surface area (Å²) in [5, 5.41) is 11.2. The molecule has 0 amide bonds. The van der Waals surface area contributed by atoms with Gasteiger partial charge >= 0.3 is 11.9 Å². The highest BCUT2D eigenvalue weighted by atomic mass is 16.6. The SMILES string of the molecule is C=C1C[C@]23C[C@H]1CC[C@H]2[C@@]12OC(=O)[C@](C)([C@H]1[C@@H]3C(=O)OC)[C@H]1O[C@H]1[C@H]2O. The van der Waals surface area contributed by atoms with Crippen molar-refractivity contribution in [3.05, 3.63) is 12.2 Å². The highest BCUT2D eigenvalue weighted by Crippen LogP contribution is 2.79. The van der Waals surface area contributed by atoms with E-state index in [0.717, 1.165) is 25.7 Å². The van der Waals surface area contributed by atoms with E-state index in [1.807, 2.05) is 6.92 Å². The molecule has 4 bridgehead atoms. The maximum atomic E-state index is 13.1. The zero-order chi connectivity index (χ0) is 18.2. The molecule has 0 aromatic rings. The molecule has 26 heavy (non-hydrogen) atoms. The third-order valence-corrected chi connectivity index (χ3v) is 8.94. The number of epoxide rings is 1. The number of fused-ring (bicyclic) bond motifs is 3. The molecule has 4 aliphatic carbocycles. The summed E-state index contributed by atoms with van der Waals surface area (Å²) in [6.07, 6.45) is 1.85. The predicted molar refractivity (Wildman–Crippen MR) is 87.6 cm³/mol. The van der Waals surface area contributed by atoms with Crippen LogP contribution in [0.5, 0.6) is 0 Å². The molecular weight excluding hydrogens is 336 g/mol. The Morgan fingerprint density at radius 1 is 1.38 bits per heavy atom. The fraction of sp³-hybridized carbons (Fsp3) is 0.800. The Morgan fingerprint density at radius 2 is 2.15 bits per heavy atom. The average Bonchev–Trinajstić information content (AvgIpc) is 3.29. The molecule has 6 aliphatic rings. The zero-order valence-electron chi connectivity index (χ0n) is 15.1. The van der Waals surface area contributed by atoms with Gasteiger partial charge in [0, 0.05) is 11.8 Å². The Morgan fingerprint density at radius 3 is 2.88 bits per heavy atom. The fourth-order valence-corrected chi connectivity index (χ4v) is 8.10. The van der Waals surface area contributed by atoms with Crippen molar-refractivity contribution in [1.29, 1.82) is 0 Å². The molecule has 6 fully saturated rings. The first kappa shape index (κ1) is 15.6. The van der Waals surface area contributed by atoms with Crippen LogP contribution in [-0.4, -0.2) is 48.1 Å². The Kier molecular flexibility index (Phi) is 2.52. The number of esters is 2. The van der Waals surface area contributed by atoms with Crippen LogP contribution >= 0.6 is 0 Å². The Hall–Kier alpha value is -1.40. The minimum absolute atomic E-state index is 0.0504. The van der Waals surface area contributed by atoms with E-state index in [4.69, 9.17) is 14.2 Å². The number of methoxy groups -OCH3 is 1. The van der Waals surface area contributed by atoms with Crippen LogP contribution < -0.4 is 0 Å². The summed E-state index contributed by atoms with van der Waals surface area (Å²) in [5.41, 5.74) is -1.05. The highest BCUT2D eigenvalue weighted by molar-refractivity contribution is 5.87. The van der Waals surface area contributed by atoms with Gasteiger partial charge in [0.25, 0.3) is 0 Å². The minimum Gasteiger partial charge on any atom is -0.469 e. The van der Waals surface area contributed by atoms with Crippen molar-refractivity contribution >= 4 is 11.9 Å². The second kappa shape index (κ2) is 4.20. The first-order valence-corrected chi connectivity index (χ1v) is 9.65. The third-order valence-electron chi connectivity index (χ3n) is 8.94. The van der Waals surface area contributed by atoms with E-state index < -0.39 is 29.0 Å². The van der Waals surface area contributed by atoms with E-state index in [1.54, 1.807) is 0 Å². The Balaban J connectivity index is 1.62. The van der Waals surface area contributed by atoms with Gasteiger partial charge in [0.05, 0.1) is 13.0 Å². The van der Waals surface area contributed by atoms with Crippen molar-refractivity contribution in [2.75, 3.05) is 7.11 Å². The molecule has 0 unspecified atom stereocenters. The van der Waals surface area contributed by atoms with E-state index in [1.165, 1.54) is 12.7 Å². The van der Waals surface area contributed by atoms with Gasteiger partial charge in [-0.1, -0.05) is 12.2 Å². The molecule has 140 valence electrons. The molecule has 2 saturated heterocycles. The monoisotopic (exact) mass is 360 g/mol. The van der Waals surface area contributed by atoms with Crippen LogP contribution in [-0.2, 0) is 23.8 Å². The molecule has 2 heterocycles. The molecule has 0 radical (unpaired) electrons. The van der Waals surface area contributed by atoms with Crippen molar-refractivity contribution < 1.29 is 28.9 Å². The normalized spacial score (nSPS) is 60.8. The average molecular weight is 360 g/mol. The number of carbonyl (C=O) groups excluding carboxylic acids is 2. The second-order valence-electron chi connectivity index (χ2n) is 9.57. The van der Waals surface area contributed by atoms with Crippen LogP contribution in [0.3, 0.4) is 0 Å². The fourth-order valence-electron chi connectivity index (χ4n) is 8.10. The molecular formula is C20H24O6. The molecule has 6 heteroatoms. The van der Waals surface area contributed by atoms with Gasteiger partial charge in [-0.2, -0.15) is 0 Å². The van der Waals surface area contributed by atoms with Crippen LogP contribution in [0.2, 0.25) is 0 Å². The van der Waals surface area contributed by atoms with Gasteiger partial charge in [-0.05, 0) is 43.9 Å². The number of hydrogen-bond acceptors (Lipinski definition) is 6. The smallest absolute Gasteiger partial charge is 0.315 e. The lowest BCUT2D eigenvalue weighted by Crippen LogP contribution is -2.59. The van der Waals surface area contributed by atoms with Gasteiger partial charge in [-0.3, -0.25) is 9.59 Å². The van der Waals surface area contributed by atoms with Gasteiger partial charge in [-0.25, -0.2) is 0 Å². The number of carbonyl (C=O) groups is 2. The van der Waals surface area contributed by atoms with Crippen molar-refractivity contribution in [2.24, 2.45) is 34.5 Å². The lowest BCUT2D eigenvalue weighted by molar-refractivity contribution is -0.178. The maximum Gasteiger partial charge on any atom is 0.315 e. The van der Waals surface area contributed by atoms with Gasteiger partial charge in [-0.15, -0.1) is 0 Å². The van der Waals surface area contributed by atoms with E-state index in [2.05, 4.69) is 6.58 Å². The molecule has 0 aromatic carbocycles. The van der Waals surface area contributed by atoms with E-state index in [0.29, 0.717) is 5.92 Å². The van der Waals surface area contributed by atoms with Crippen LogP contribution in [0.15, 0.2) is 12.2 Å². The second-order valence-corrected chi connectivity index (χ2v) is 9.57. The molecule has 4 saturated carbocycles. The van der Waals surface area contributed by atoms with Crippen molar-refractivity contribution in [3.63, 3.8) is 0 Å². The quantitative estimate of drug-likeness (QED) is 0.430. The first-order chi connectivity index (χ1) is 12.3. The molecule has 1 spiro atoms. The number of aliphatic hydroxyl groups excluding tert-OH is 1. The van der Waals surface area contributed by atoms with Crippen molar-refractivity contribution in [1.82, 2.24) is 0 Å². The summed E-state index contributed by atoms with van der Waals surface area (Å²) < 4.78 is 17.1. The van der Waals surface area contributed by atoms with Gasteiger partial charge in [0.15, 0.2) is 0 Å². The molecule has 6 nitrogen and oxygen atoms in total. The Labute approximate surface area is 151 Å². The number of allylic oxidation sites excluding steroid dienone is 1. The van der Waals surface area contributed by atoms with Crippen LogP contribution in [0, 0.1) is 34.5 Å². The topological polar surface area (TPSA) is 85.4 Å². The molecule has 0 aromatic heterocycles. The lowest BCUT2D eigenvalue weighted by Gasteiger charge is -2.45. The summed E-state index contributed by atoms with van der Waals surface area (Å²) in [4.78, 5) is 26.0. The van der Waals surface area contributed by atoms with Gasteiger partial charge < -0.3 is 19.3 Å². The number of rotatable bonds is 1. The summed E-state index contributed by atoms with van der Waals surface area (Å²) in [7, 11) is 1.41. The Bertz CT molecular complexity index is 776. The minimum atomic E-state index is -1.03. The summed E-state index contributed by atoms with van der Waals surface area (Å²) in [6.45, 7) is 6.14. The van der Waals surface area contributed by atoms with Gasteiger partial charge in [0.2, 0.25) is 0 Å². The van der Waals surface area contributed by atoms with Crippen molar-refractivity contribution in [2.45, 2.75) is 56.5 Å². The molecule has 10 atom stereocenters. The van der Waals surface area contributed by atoms with Gasteiger partial charge in [0.1, 0.15) is 29.3 Å². The zero-order valence-corrected chi connectivity index (χ0v) is 15.1. The maximum absolute atomic E-state index is 13.1. The third kappa shape index (κ3) is 1.28.